The van der Waals surface area contributed by atoms with Gasteiger partial charge in [-0.2, -0.15) is 13.2 Å². The third-order valence-electron chi connectivity index (χ3n) is 3.60. The van der Waals surface area contributed by atoms with E-state index in [1.165, 1.54) is 0 Å². The second kappa shape index (κ2) is 7.87. The summed E-state index contributed by atoms with van der Waals surface area (Å²) in [6, 6.07) is 2.78. The highest BCUT2D eigenvalue weighted by Crippen LogP contribution is 2.29. The van der Waals surface area contributed by atoms with Crippen molar-refractivity contribution in [3.05, 3.63) is 65.0 Å². The van der Waals surface area contributed by atoms with Crippen LogP contribution in [0.15, 0.2) is 41.3 Å². The Morgan fingerprint density at radius 2 is 1.52 bits per heavy atom. The zero-order valence-electron chi connectivity index (χ0n) is 13.5. The number of rotatable bonds is 6. The number of hydrogen-bond donors (Lipinski definition) is 2. The summed E-state index contributed by atoms with van der Waals surface area (Å²) in [6.45, 7) is -0.401. The normalized spacial score (nSPS) is 13.6. The lowest BCUT2D eigenvalue weighted by Crippen LogP contribution is -2.38. The van der Waals surface area contributed by atoms with Gasteiger partial charge in [0.1, 0.15) is 5.82 Å². The summed E-state index contributed by atoms with van der Waals surface area (Å²) >= 11 is 0. The Kier molecular flexibility index (Phi) is 6.17. The highest BCUT2D eigenvalue weighted by Gasteiger charge is 2.30. The number of sulfonamides is 1. The van der Waals surface area contributed by atoms with Crippen LogP contribution in [-0.2, 0) is 22.6 Å². The van der Waals surface area contributed by atoms with Crippen LogP contribution in [-0.4, -0.2) is 21.0 Å². The number of alkyl halides is 3. The minimum atomic E-state index is -4.60. The number of nitrogens with one attached hydrogen (secondary N) is 1. The Labute approximate surface area is 151 Å². The first-order valence-electron chi connectivity index (χ1n) is 7.46. The van der Waals surface area contributed by atoms with Crippen LogP contribution in [0.2, 0.25) is 0 Å². The van der Waals surface area contributed by atoms with Crippen LogP contribution >= 0.6 is 0 Å². The first kappa shape index (κ1) is 21.2. The molecule has 0 spiro atoms. The smallest absolute Gasteiger partial charge is 0.326 e. The zero-order valence-corrected chi connectivity index (χ0v) is 14.3. The summed E-state index contributed by atoms with van der Waals surface area (Å²) in [5, 5.41) is 0. The van der Waals surface area contributed by atoms with Crippen LogP contribution in [0.3, 0.4) is 0 Å². The van der Waals surface area contributed by atoms with E-state index in [2.05, 4.69) is 4.72 Å². The third-order valence-corrected chi connectivity index (χ3v) is 5.04. The Hall–Kier alpha value is -2.11. The van der Waals surface area contributed by atoms with E-state index in [0.717, 1.165) is 12.1 Å². The van der Waals surface area contributed by atoms with Gasteiger partial charge in [0, 0.05) is 18.7 Å². The molecule has 2 rings (SSSR count). The van der Waals surface area contributed by atoms with Crippen molar-refractivity contribution >= 4 is 10.0 Å². The number of halogens is 6. The minimum absolute atomic E-state index is 0.241. The van der Waals surface area contributed by atoms with Crippen LogP contribution in [0, 0.1) is 17.5 Å². The van der Waals surface area contributed by atoms with E-state index in [1.54, 1.807) is 0 Å². The highest BCUT2D eigenvalue weighted by atomic mass is 32.2. The molecule has 0 amide bonds. The summed E-state index contributed by atoms with van der Waals surface area (Å²) in [4.78, 5) is -0.415. The molecular weight excluding hydrogens is 398 g/mol. The van der Waals surface area contributed by atoms with E-state index < -0.39 is 56.7 Å². The number of hydrogen-bond acceptors (Lipinski definition) is 3. The molecule has 0 saturated heterocycles. The van der Waals surface area contributed by atoms with E-state index >= 15 is 0 Å². The van der Waals surface area contributed by atoms with Crippen LogP contribution in [0.5, 0.6) is 0 Å². The predicted molar refractivity (Wildman–Crippen MR) is 84.6 cm³/mol. The van der Waals surface area contributed by atoms with Gasteiger partial charge in [-0.1, -0.05) is 0 Å². The van der Waals surface area contributed by atoms with Gasteiger partial charge in [0.2, 0.25) is 10.0 Å². The molecule has 1 atom stereocenters. The van der Waals surface area contributed by atoms with Crippen molar-refractivity contribution < 1.29 is 34.8 Å². The van der Waals surface area contributed by atoms with Gasteiger partial charge < -0.3 is 5.73 Å². The molecule has 3 N–H and O–H groups in total. The van der Waals surface area contributed by atoms with Crippen LogP contribution in [0.4, 0.5) is 26.3 Å². The fourth-order valence-electron chi connectivity index (χ4n) is 2.20. The molecule has 11 heteroatoms. The maximum atomic E-state index is 13.6. The molecule has 0 aliphatic carbocycles. The molecule has 0 radical (unpaired) electrons. The molecule has 0 heterocycles. The first-order chi connectivity index (χ1) is 12.4. The molecule has 0 aromatic heterocycles. The van der Waals surface area contributed by atoms with Gasteiger partial charge >= 0.3 is 6.18 Å². The quantitative estimate of drug-likeness (QED) is 0.566. The van der Waals surface area contributed by atoms with E-state index in [0.29, 0.717) is 24.3 Å². The second-order valence-electron chi connectivity index (χ2n) is 5.70. The van der Waals surface area contributed by atoms with Crippen molar-refractivity contribution in [2.24, 2.45) is 5.73 Å². The third kappa shape index (κ3) is 5.44. The van der Waals surface area contributed by atoms with Crippen LogP contribution < -0.4 is 10.5 Å². The van der Waals surface area contributed by atoms with Crippen molar-refractivity contribution in [3.63, 3.8) is 0 Å². The summed E-state index contributed by atoms with van der Waals surface area (Å²) in [5.74, 6) is -3.67. The average molecular weight is 412 g/mol. The molecule has 27 heavy (non-hydrogen) atoms. The lowest BCUT2D eigenvalue weighted by molar-refractivity contribution is -0.137. The van der Waals surface area contributed by atoms with Crippen LogP contribution in [0.1, 0.15) is 11.1 Å². The fraction of sp³-hybridized carbons (Fsp3) is 0.250. The molecule has 0 aliphatic heterocycles. The van der Waals surface area contributed by atoms with Gasteiger partial charge in [-0.25, -0.2) is 26.3 Å². The fourth-order valence-corrected chi connectivity index (χ4v) is 3.29. The summed E-state index contributed by atoms with van der Waals surface area (Å²) in [6.07, 6.45) is -4.90. The Bertz CT molecular complexity index is 914. The Balaban J connectivity index is 2.03. The molecule has 0 bridgehead atoms. The lowest BCUT2D eigenvalue weighted by atomic mass is 10.1. The molecule has 0 saturated carbocycles. The topological polar surface area (TPSA) is 72.2 Å². The molecule has 148 valence electrons. The molecule has 2 aromatic rings. The Morgan fingerprint density at radius 1 is 0.963 bits per heavy atom. The van der Waals surface area contributed by atoms with E-state index in [1.807, 2.05) is 0 Å². The van der Waals surface area contributed by atoms with Gasteiger partial charge in [0.05, 0.1) is 10.5 Å². The van der Waals surface area contributed by atoms with Crippen molar-refractivity contribution in [2.75, 3.05) is 6.54 Å². The monoisotopic (exact) mass is 412 g/mol. The van der Waals surface area contributed by atoms with Gasteiger partial charge in [0.15, 0.2) is 11.6 Å². The van der Waals surface area contributed by atoms with E-state index in [4.69, 9.17) is 5.73 Å². The van der Waals surface area contributed by atoms with Crippen molar-refractivity contribution in [1.29, 1.82) is 0 Å². The molecule has 0 unspecified atom stereocenters. The number of nitrogens with two attached hydrogens (primary N) is 1. The zero-order chi connectivity index (χ0) is 20.4. The largest absolute Gasteiger partial charge is 0.416 e. The van der Waals surface area contributed by atoms with Crippen molar-refractivity contribution in [3.8, 4) is 0 Å². The molecular formula is C16H14F6N2O2S. The first-order valence-corrected chi connectivity index (χ1v) is 8.94. The molecule has 2 aromatic carbocycles. The van der Waals surface area contributed by atoms with E-state index in [9.17, 15) is 34.8 Å². The summed E-state index contributed by atoms with van der Waals surface area (Å²) in [5.41, 5.74) is 4.42. The van der Waals surface area contributed by atoms with E-state index in [-0.39, 0.29) is 12.0 Å². The SMILES string of the molecule is N[C@@H](CNS(=O)(=O)c1ccc(C(F)(F)F)cc1)Cc1cc(F)c(F)cc1F. The summed E-state index contributed by atoms with van der Waals surface area (Å²) in [7, 11) is -4.16. The predicted octanol–water partition coefficient (Wildman–Crippen LogP) is 2.97. The maximum Gasteiger partial charge on any atom is 0.416 e. The summed E-state index contributed by atoms with van der Waals surface area (Å²) < 4.78 is 103. The maximum absolute atomic E-state index is 13.6. The number of benzene rings is 2. The lowest BCUT2D eigenvalue weighted by Gasteiger charge is -2.14. The standard InChI is InChI=1S/C16H14F6N2O2S/c17-13-7-15(19)14(18)6-9(13)5-11(23)8-24-27(25,26)12-3-1-10(2-4-12)16(20,21)22/h1-4,6-7,11,24H,5,8,23H2/t11-/m1/s1. The van der Waals surface area contributed by atoms with Gasteiger partial charge in [-0.05, 0) is 42.3 Å². The average Bonchev–Trinajstić information content (AvgIpc) is 2.57. The van der Waals surface area contributed by atoms with Crippen molar-refractivity contribution in [2.45, 2.75) is 23.5 Å². The molecule has 0 aliphatic rings. The molecule has 0 fully saturated rings. The van der Waals surface area contributed by atoms with Crippen molar-refractivity contribution in [1.82, 2.24) is 4.72 Å². The Morgan fingerprint density at radius 3 is 2.07 bits per heavy atom. The van der Waals surface area contributed by atoms with Crippen LogP contribution in [0.25, 0.3) is 0 Å². The van der Waals surface area contributed by atoms with Gasteiger partial charge in [0.25, 0.3) is 0 Å². The second-order valence-corrected chi connectivity index (χ2v) is 7.46. The van der Waals surface area contributed by atoms with Gasteiger partial charge in [-0.15, -0.1) is 0 Å². The minimum Gasteiger partial charge on any atom is -0.326 e. The molecule has 4 nitrogen and oxygen atoms in total. The van der Waals surface area contributed by atoms with Gasteiger partial charge in [-0.3, -0.25) is 0 Å². The highest BCUT2D eigenvalue weighted by molar-refractivity contribution is 7.89.